The summed E-state index contributed by atoms with van der Waals surface area (Å²) in [5.74, 6) is -0.896. The Morgan fingerprint density at radius 3 is 2.60 bits per heavy atom. The van der Waals surface area contributed by atoms with E-state index < -0.39 is 17.5 Å². The van der Waals surface area contributed by atoms with Crippen LogP contribution in [0.2, 0.25) is 0 Å². The molecule has 1 heterocycles. The molecule has 0 aliphatic heterocycles. The lowest BCUT2D eigenvalue weighted by molar-refractivity contribution is -0.220. The summed E-state index contributed by atoms with van der Waals surface area (Å²) >= 11 is 0. The molecule has 1 N–H and O–H groups in total. The highest BCUT2D eigenvalue weighted by atomic mass is 19.4. The van der Waals surface area contributed by atoms with Crippen molar-refractivity contribution >= 4 is 5.91 Å². The van der Waals surface area contributed by atoms with E-state index in [9.17, 15) is 18.0 Å². The van der Waals surface area contributed by atoms with E-state index in [0.29, 0.717) is 19.4 Å². The third kappa shape index (κ3) is 2.66. The number of halogens is 3. The van der Waals surface area contributed by atoms with Crippen LogP contribution in [-0.2, 0) is 11.3 Å². The van der Waals surface area contributed by atoms with Gasteiger partial charge >= 0.3 is 6.18 Å². The summed E-state index contributed by atoms with van der Waals surface area (Å²) in [6, 6.07) is 1.80. The zero-order valence-corrected chi connectivity index (χ0v) is 11.3. The quantitative estimate of drug-likeness (QED) is 0.925. The van der Waals surface area contributed by atoms with Crippen LogP contribution in [0.15, 0.2) is 12.3 Å². The summed E-state index contributed by atoms with van der Waals surface area (Å²) in [7, 11) is 0. The van der Waals surface area contributed by atoms with Crippen molar-refractivity contribution in [2.24, 2.45) is 5.41 Å². The highest BCUT2D eigenvalue weighted by Gasteiger charge is 2.60. The Hall–Kier alpha value is -1.53. The number of aryl methyl sites for hydroxylation is 1. The second-order valence-corrected chi connectivity index (χ2v) is 5.24. The van der Waals surface area contributed by atoms with E-state index in [1.807, 2.05) is 6.92 Å². The molecule has 2 rings (SSSR count). The van der Waals surface area contributed by atoms with Gasteiger partial charge in [-0.25, -0.2) is 0 Å². The Labute approximate surface area is 115 Å². The van der Waals surface area contributed by atoms with Gasteiger partial charge in [-0.2, -0.15) is 18.3 Å². The van der Waals surface area contributed by atoms with E-state index in [1.165, 1.54) is 0 Å². The van der Waals surface area contributed by atoms with Crippen LogP contribution >= 0.6 is 0 Å². The minimum atomic E-state index is -4.48. The van der Waals surface area contributed by atoms with Crippen LogP contribution in [0.4, 0.5) is 13.2 Å². The number of alkyl halides is 3. The van der Waals surface area contributed by atoms with Gasteiger partial charge in [0.25, 0.3) is 0 Å². The maximum atomic E-state index is 13.2. The molecule has 0 spiro atoms. The average molecular weight is 289 g/mol. The summed E-state index contributed by atoms with van der Waals surface area (Å²) in [4.78, 5) is 12.0. The molecular formula is C13H18F3N3O. The predicted octanol–water partition coefficient (Wildman–Crippen LogP) is 2.43. The van der Waals surface area contributed by atoms with Crippen LogP contribution in [0.3, 0.4) is 0 Å². The fourth-order valence-electron chi connectivity index (χ4n) is 2.70. The fourth-order valence-corrected chi connectivity index (χ4v) is 2.70. The van der Waals surface area contributed by atoms with Crippen molar-refractivity contribution < 1.29 is 18.0 Å². The molecule has 0 bridgehead atoms. The molecule has 0 unspecified atom stereocenters. The minimum absolute atomic E-state index is 0.108. The molecule has 0 radical (unpaired) electrons. The Kier molecular flexibility index (Phi) is 4.06. The molecule has 0 saturated heterocycles. The minimum Gasteiger partial charge on any atom is -0.353 e. The zero-order chi connectivity index (χ0) is 14.8. The van der Waals surface area contributed by atoms with Gasteiger partial charge in [0.1, 0.15) is 5.41 Å². The van der Waals surface area contributed by atoms with Crippen LogP contribution in [-0.4, -0.2) is 28.4 Å². The van der Waals surface area contributed by atoms with Crippen LogP contribution in [0.5, 0.6) is 0 Å². The van der Waals surface area contributed by atoms with Gasteiger partial charge < -0.3 is 5.32 Å². The molecule has 7 heteroatoms. The number of amides is 1. The first kappa shape index (κ1) is 14.9. The summed E-state index contributed by atoms with van der Waals surface area (Å²) in [6.07, 6.45) is -2.18. The van der Waals surface area contributed by atoms with E-state index in [4.69, 9.17) is 0 Å². The molecule has 1 saturated carbocycles. The van der Waals surface area contributed by atoms with Crippen molar-refractivity contribution in [1.82, 2.24) is 15.1 Å². The summed E-state index contributed by atoms with van der Waals surface area (Å²) in [5, 5.41) is 6.44. The first-order chi connectivity index (χ1) is 9.37. The molecule has 0 atom stereocenters. The third-order valence-corrected chi connectivity index (χ3v) is 3.97. The summed E-state index contributed by atoms with van der Waals surface area (Å²) in [6.45, 7) is 2.38. The van der Waals surface area contributed by atoms with Crippen LogP contribution in [0.1, 0.15) is 31.4 Å². The number of hydrogen-bond acceptors (Lipinski definition) is 2. The molecule has 1 aliphatic carbocycles. The smallest absolute Gasteiger partial charge is 0.353 e. The van der Waals surface area contributed by atoms with Crippen LogP contribution in [0, 0.1) is 12.3 Å². The number of hydrogen-bond donors (Lipinski definition) is 1. The van der Waals surface area contributed by atoms with Crippen molar-refractivity contribution in [2.45, 2.75) is 45.3 Å². The monoisotopic (exact) mass is 289 g/mol. The Morgan fingerprint density at radius 1 is 1.45 bits per heavy atom. The topological polar surface area (TPSA) is 46.9 Å². The number of carbonyl (C=O) groups is 1. The van der Waals surface area contributed by atoms with E-state index in [2.05, 4.69) is 10.4 Å². The van der Waals surface area contributed by atoms with Gasteiger partial charge in [-0.3, -0.25) is 9.48 Å². The molecule has 1 aliphatic rings. The fraction of sp³-hybridized carbons (Fsp3) is 0.692. The van der Waals surface area contributed by atoms with Gasteiger partial charge in [0.15, 0.2) is 0 Å². The number of nitrogens with one attached hydrogen (secondary N) is 1. The van der Waals surface area contributed by atoms with Gasteiger partial charge in [0.05, 0.1) is 6.54 Å². The molecule has 112 valence electrons. The molecule has 1 amide bonds. The molecule has 20 heavy (non-hydrogen) atoms. The van der Waals surface area contributed by atoms with Crippen LogP contribution in [0.25, 0.3) is 0 Å². The van der Waals surface area contributed by atoms with Crippen molar-refractivity contribution in [2.75, 3.05) is 6.54 Å². The van der Waals surface area contributed by atoms with Gasteiger partial charge in [-0.1, -0.05) is 12.8 Å². The lowest BCUT2D eigenvalue weighted by atomic mass is 9.84. The van der Waals surface area contributed by atoms with Gasteiger partial charge in [-0.05, 0) is 25.8 Å². The van der Waals surface area contributed by atoms with Gasteiger partial charge in [0, 0.05) is 18.4 Å². The zero-order valence-electron chi connectivity index (χ0n) is 11.3. The lowest BCUT2D eigenvalue weighted by Gasteiger charge is -2.30. The van der Waals surface area contributed by atoms with Crippen molar-refractivity contribution in [3.05, 3.63) is 18.0 Å². The maximum Gasteiger partial charge on any atom is 0.403 e. The van der Waals surface area contributed by atoms with E-state index in [0.717, 1.165) is 5.69 Å². The standard InChI is InChI=1S/C13H18F3N3O/c1-10-4-7-18-19(10)9-8-17-11(20)12(13(14,15)16)5-2-3-6-12/h4,7H,2-3,5-6,8-9H2,1H3,(H,17,20). The molecule has 1 fully saturated rings. The third-order valence-electron chi connectivity index (χ3n) is 3.97. The molecular weight excluding hydrogens is 271 g/mol. The van der Waals surface area contributed by atoms with Crippen molar-refractivity contribution in [3.8, 4) is 0 Å². The SMILES string of the molecule is Cc1ccnn1CCNC(=O)C1(C(F)(F)F)CCCC1. The van der Waals surface area contributed by atoms with Crippen molar-refractivity contribution in [1.29, 1.82) is 0 Å². The molecule has 1 aromatic heterocycles. The normalized spacial score (nSPS) is 18.2. The lowest BCUT2D eigenvalue weighted by Crippen LogP contribution is -2.49. The summed E-state index contributed by atoms with van der Waals surface area (Å²) in [5.41, 5.74) is -1.28. The first-order valence-electron chi connectivity index (χ1n) is 6.70. The summed E-state index contributed by atoms with van der Waals surface area (Å²) < 4.78 is 41.1. The van der Waals surface area contributed by atoms with Gasteiger partial charge in [0.2, 0.25) is 5.91 Å². The predicted molar refractivity (Wildman–Crippen MR) is 66.9 cm³/mol. The van der Waals surface area contributed by atoms with E-state index in [1.54, 1.807) is 16.9 Å². The highest BCUT2D eigenvalue weighted by molar-refractivity contribution is 5.83. The van der Waals surface area contributed by atoms with Crippen LogP contribution < -0.4 is 5.32 Å². The number of aromatic nitrogens is 2. The molecule has 1 aromatic rings. The Bertz CT molecular complexity index is 475. The average Bonchev–Trinajstić information content (AvgIpc) is 2.98. The molecule has 4 nitrogen and oxygen atoms in total. The Morgan fingerprint density at radius 2 is 2.10 bits per heavy atom. The van der Waals surface area contributed by atoms with E-state index in [-0.39, 0.29) is 19.4 Å². The Balaban J connectivity index is 1.95. The largest absolute Gasteiger partial charge is 0.403 e. The number of carbonyl (C=O) groups excluding carboxylic acids is 1. The highest BCUT2D eigenvalue weighted by Crippen LogP contribution is 2.50. The maximum absolute atomic E-state index is 13.2. The first-order valence-corrected chi connectivity index (χ1v) is 6.70. The van der Waals surface area contributed by atoms with E-state index >= 15 is 0 Å². The second kappa shape index (κ2) is 5.46. The van der Waals surface area contributed by atoms with Gasteiger partial charge in [-0.15, -0.1) is 0 Å². The number of rotatable bonds is 4. The van der Waals surface area contributed by atoms with Crippen molar-refractivity contribution in [3.63, 3.8) is 0 Å². The number of nitrogens with zero attached hydrogens (tertiary/aromatic N) is 2. The molecule has 0 aromatic carbocycles. The second-order valence-electron chi connectivity index (χ2n) is 5.24.